The molecule has 0 saturated carbocycles. The number of aryl methyl sites for hydroxylation is 1. The zero-order valence-electron chi connectivity index (χ0n) is 13.0. The van der Waals surface area contributed by atoms with Crippen molar-refractivity contribution < 1.29 is 14.3 Å². The first-order valence-corrected chi connectivity index (χ1v) is 9.03. The maximum atomic E-state index is 11.8. The average Bonchev–Trinajstić information content (AvgIpc) is 3.05. The second kappa shape index (κ2) is 8.71. The number of ether oxygens (including phenoxy) is 1. The van der Waals surface area contributed by atoms with Crippen LogP contribution in [-0.2, 0) is 20.7 Å². The Bertz CT molecular complexity index is 765. The molecule has 0 fully saturated rings. The summed E-state index contributed by atoms with van der Waals surface area (Å²) in [6.07, 6.45) is 0.702. The number of esters is 1. The van der Waals surface area contributed by atoms with Crippen LogP contribution in [0, 0.1) is 17.2 Å². The van der Waals surface area contributed by atoms with Crippen molar-refractivity contribution in [2.24, 2.45) is 5.92 Å². The zero-order chi connectivity index (χ0) is 17.5. The molecule has 0 aliphatic heterocycles. The topological polar surface area (TPSA) is 80.0 Å². The van der Waals surface area contributed by atoms with Gasteiger partial charge in [-0.25, -0.2) is 9.78 Å². The Morgan fingerprint density at radius 1 is 1.38 bits per heavy atom. The van der Waals surface area contributed by atoms with Gasteiger partial charge in [0.15, 0.2) is 0 Å². The third-order valence-electron chi connectivity index (χ3n) is 3.28. The van der Waals surface area contributed by atoms with Gasteiger partial charge in [0.1, 0.15) is 10.9 Å². The van der Waals surface area contributed by atoms with E-state index in [-0.39, 0.29) is 13.0 Å². The molecule has 1 aromatic heterocycles. The fourth-order valence-electron chi connectivity index (χ4n) is 2.04. The van der Waals surface area contributed by atoms with Gasteiger partial charge in [0.05, 0.1) is 18.4 Å². The maximum absolute atomic E-state index is 11.8. The number of Topliss-reactive ketones (excluding diaryl/α,β-unsaturated/α-hetero) is 1. The number of nitrogens with zero attached hydrogens (tertiary/aromatic N) is 2. The summed E-state index contributed by atoms with van der Waals surface area (Å²) in [5.74, 6) is -2.73. The molecule has 2 aromatic rings. The third kappa shape index (κ3) is 4.73. The lowest BCUT2D eigenvalue weighted by Crippen LogP contribution is -2.25. The van der Waals surface area contributed by atoms with Crippen LogP contribution in [0.3, 0.4) is 0 Å². The van der Waals surface area contributed by atoms with Crippen molar-refractivity contribution in [1.29, 1.82) is 5.26 Å². The van der Waals surface area contributed by atoms with Crippen LogP contribution in [0.2, 0.25) is 0 Å². The summed E-state index contributed by atoms with van der Waals surface area (Å²) >= 11 is 4.90. The number of halogens is 1. The molecule has 0 spiro atoms. The highest BCUT2D eigenvalue weighted by molar-refractivity contribution is 9.10. The zero-order valence-corrected chi connectivity index (χ0v) is 15.4. The van der Waals surface area contributed by atoms with Crippen LogP contribution in [0.1, 0.15) is 19.0 Å². The van der Waals surface area contributed by atoms with E-state index in [4.69, 9.17) is 5.26 Å². The van der Waals surface area contributed by atoms with Gasteiger partial charge in [0.25, 0.3) is 5.78 Å². The van der Waals surface area contributed by atoms with Crippen LogP contribution in [0.4, 0.5) is 0 Å². The summed E-state index contributed by atoms with van der Waals surface area (Å²) in [5.41, 5.74) is 1.81. The molecule has 0 saturated heterocycles. The first kappa shape index (κ1) is 18.3. The van der Waals surface area contributed by atoms with Gasteiger partial charge in [0, 0.05) is 15.4 Å². The molecule has 2 rings (SSSR count). The van der Waals surface area contributed by atoms with E-state index in [1.807, 2.05) is 35.7 Å². The van der Waals surface area contributed by atoms with Crippen LogP contribution in [-0.4, -0.2) is 23.3 Å². The Balaban J connectivity index is 1.99. The molecule has 1 heterocycles. The lowest BCUT2D eigenvalue weighted by atomic mass is 9.99. The predicted molar refractivity (Wildman–Crippen MR) is 94.3 cm³/mol. The predicted octanol–water partition coefficient (Wildman–Crippen LogP) is 3.78. The molecule has 0 aliphatic carbocycles. The number of carbonyl (C=O) groups is 2. The number of hydrogen-bond donors (Lipinski definition) is 0. The van der Waals surface area contributed by atoms with Crippen molar-refractivity contribution in [3.05, 3.63) is 39.8 Å². The molecule has 0 N–H and O–H groups in total. The Hall–Kier alpha value is -2.04. The third-order valence-corrected chi connectivity index (χ3v) is 4.75. The first-order chi connectivity index (χ1) is 11.5. The van der Waals surface area contributed by atoms with Crippen LogP contribution in [0.25, 0.3) is 10.6 Å². The minimum Gasteiger partial charge on any atom is -0.460 e. The number of aromatic nitrogens is 1. The monoisotopic (exact) mass is 406 g/mol. The number of hydrogen-bond acceptors (Lipinski definition) is 6. The van der Waals surface area contributed by atoms with Crippen molar-refractivity contribution in [1.82, 2.24) is 4.98 Å². The van der Waals surface area contributed by atoms with E-state index < -0.39 is 17.7 Å². The smallest absolute Gasteiger partial charge is 0.376 e. The molecule has 1 atom stereocenters. The lowest BCUT2D eigenvalue weighted by molar-refractivity contribution is -0.154. The molecule has 5 nitrogen and oxygen atoms in total. The Morgan fingerprint density at radius 2 is 2.08 bits per heavy atom. The van der Waals surface area contributed by atoms with Gasteiger partial charge in [-0.05, 0) is 31.9 Å². The fraction of sp³-hybridized carbons (Fsp3) is 0.294. The van der Waals surface area contributed by atoms with Gasteiger partial charge in [-0.2, -0.15) is 5.26 Å². The average molecular weight is 407 g/mol. The second-order valence-electron chi connectivity index (χ2n) is 4.96. The van der Waals surface area contributed by atoms with Gasteiger partial charge >= 0.3 is 5.97 Å². The van der Waals surface area contributed by atoms with Gasteiger partial charge < -0.3 is 4.74 Å². The highest BCUT2D eigenvalue weighted by atomic mass is 79.9. The maximum Gasteiger partial charge on any atom is 0.376 e. The minimum absolute atomic E-state index is 0.116. The van der Waals surface area contributed by atoms with Crippen molar-refractivity contribution in [2.45, 2.75) is 19.8 Å². The molecular formula is C17H15BrN2O3S. The molecule has 24 heavy (non-hydrogen) atoms. The first-order valence-electron chi connectivity index (χ1n) is 7.36. The van der Waals surface area contributed by atoms with Crippen molar-refractivity contribution in [3.8, 4) is 16.6 Å². The molecule has 0 aliphatic rings. The largest absolute Gasteiger partial charge is 0.460 e. The number of thiazole rings is 1. The summed E-state index contributed by atoms with van der Waals surface area (Å²) in [5, 5.41) is 11.9. The van der Waals surface area contributed by atoms with E-state index >= 15 is 0 Å². The normalized spacial score (nSPS) is 11.5. The molecule has 124 valence electrons. The van der Waals surface area contributed by atoms with Crippen LogP contribution in [0.5, 0.6) is 0 Å². The van der Waals surface area contributed by atoms with Crippen LogP contribution < -0.4 is 0 Å². The van der Waals surface area contributed by atoms with Gasteiger partial charge in [0.2, 0.25) is 0 Å². The molecule has 1 aromatic carbocycles. The van der Waals surface area contributed by atoms with Crippen LogP contribution in [0.15, 0.2) is 34.1 Å². The summed E-state index contributed by atoms with van der Waals surface area (Å²) < 4.78 is 5.65. The van der Waals surface area contributed by atoms with E-state index in [1.165, 1.54) is 11.3 Å². The van der Waals surface area contributed by atoms with E-state index in [2.05, 4.69) is 25.7 Å². The SMILES string of the molecule is CCOC(=O)C(=O)C(C#N)CCc1csc(-c2ccc(Br)cc2)n1. The quantitative estimate of drug-likeness (QED) is 0.516. The summed E-state index contributed by atoms with van der Waals surface area (Å²) in [6.45, 7) is 1.73. The van der Waals surface area contributed by atoms with Crippen molar-refractivity contribution >= 4 is 39.0 Å². The molecular weight excluding hydrogens is 392 g/mol. The van der Waals surface area contributed by atoms with E-state index in [9.17, 15) is 9.59 Å². The number of ketones is 1. The molecule has 0 radical (unpaired) electrons. The van der Waals surface area contributed by atoms with E-state index in [0.717, 1.165) is 20.7 Å². The summed E-state index contributed by atoms with van der Waals surface area (Å²) in [7, 11) is 0. The number of rotatable bonds is 7. The minimum atomic E-state index is -0.998. The van der Waals surface area contributed by atoms with Gasteiger partial charge in [-0.15, -0.1) is 11.3 Å². The van der Waals surface area contributed by atoms with Crippen molar-refractivity contribution in [3.63, 3.8) is 0 Å². The standard InChI is InChI=1S/C17H15BrN2O3S/c1-2-23-17(22)15(21)12(9-19)5-8-14-10-24-16(20-14)11-3-6-13(18)7-4-11/h3-4,6-7,10,12H,2,5,8H2,1H3. The van der Waals surface area contributed by atoms with E-state index in [0.29, 0.717) is 6.42 Å². The van der Waals surface area contributed by atoms with Crippen LogP contribution >= 0.6 is 27.3 Å². The van der Waals surface area contributed by atoms with Gasteiger partial charge in [-0.3, -0.25) is 4.79 Å². The Morgan fingerprint density at radius 3 is 2.71 bits per heavy atom. The number of carbonyl (C=O) groups excluding carboxylic acids is 2. The fourth-order valence-corrected chi connectivity index (χ4v) is 3.16. The van der Waals surface area contributed by atoms with Gasteiger partial charge in [-0.1, -0.05) is 28.1 Å². The summed E-state index contributed by atoms with van der Waals surface area (Å²) in [6, 6.07) is 9.70. The lowest BCUT2D eigenvalue weighted by Gasteiger charge is -2.06. The molecule has 7 heteroatoms. The summed E-state index contributed by atoms with van der Waals surface area (Å²) in [4.78, 5) is 27.8. The van der Waals surface area contributed by atoms with E-state index in [1.54, 1.807) is 6.92 Å². The molecule has 0 bridgehead atoms. The van der Waals surface area contributed by atoms with Crippen molar-refractivity contribution in [2.75, 3.05) is 6.61 Å². The second-order valence-corrected chi connectivity index (χ2v) is 6.73. The number of nitriles is 1. The Kier molecular flexibility index (Phi) is 6.64. The molecule has 0 amide bonds. The number of benzene rings is 1. The highest BCUT2D eigenvalue weighted by Gasteiger charge is 2.26. The highest BCUT2D eigenvalue weighted by Crippen LogP contribution is 2.26. The Labute approximate surface area is 152 Å². The molecule has 1 unspecified atom stereocenters.